The summed E-state index contributed by atoms with van der Waals surface area (Å²) >= 11 is 0. The topological polar surface area (TPSA) is 15.0 Å². The molecule has 0 aliphatic heterocycles. The first kappa shape index (κ1) is 20.4. The number of amidine groups is 1. The Labute approximate surface area is 178 Å². The Morgan fingerprint density at radius 1 is 0.586 bits per heavy atom. The molecular formula is C26H23ClN2. The second-order valence-electron chi connectivity index (χ2n) is 6.61. The van der Waals surface area contributed by atoms with Crippen molar-refractivity contribution in [3.8, 4) is 0 Å². The first-order valence-corrected chi connectivity index (χ1v) is 9.51. The van der Waals surface area contributed by atoms with Crippen LogP contribution in [-0.4, -0.2) is 10.4 Å². The first-order valence-electron chi connectivity index (χ1n) is 9.51. The minimum absolute atomic E-state index is 0. The van der Waals surface area contributed by atoms with E-state index >= 15 is 0 Å². The third kappa shape index (κ3) is 5.34. The molecule has 29 heavy (non-hydrogen) atoms. The van der Waals surface area contributed by atoms with Crippen LogP contribution in [0.25, 0.3) is 0 Å². The molecule has 0 spiro atoms. The van der Waals surface area contributed by atoms with Crippen LogP contribution in [0.5, 0.6) is 0 Å². The molecule has 0 aliphatic rings. The molecule has 144 valence electrons. The average Bonchev–Trinajstić information content (AvgIpc) is 2.79. The van der Waals surface area contributed by atoms with Crippen LogP contribution in [0.3, 0.4) is 0 Å². The second-order valence-corrected chi connectivity index (χ2v) is 6.61. The fourth-order valence-electron chi connectivity index (χ4n) is 3.22. The van der Waals surface area contributed by atoms with Crippen molar-refractivity contribution >= 4 is 17.2 Å². The van der Waals surface area contributed by atoms with E-state index in [9.17, 15) is 0 Å². The summed E-state index contributed by atoms with van der Waals surface area (Å²) in [6.07, 6.45) is 0. The van der Waals surface area contributed by atoms with Gasteiger partial charge in [-0.1, -0.05) is 84.9 Å². The number of rotatable bonds is 5. The summed E-state index contributed by atoms with van der Waals surface area (Å²) in [5.74, 6) is 1.06. The monoisotopic (exact) mass is 398 g/mol. The number of nitrogens with zero attached hydrogens (tertiary/aromatic N) is 1. The number of nitrogens with one attached hydrogen (secondary N) is 1. The molecule has 0 saturated carbocycles. The zero-order valence-electron chi connectivity index (χ0n) is 16.1. The lowest BCUT2D eigenvalue weighted by atomic mass is 10.1. The number of para-hydroxylation sites is 2. The number of halogens is 1. The Kier molecular flexibility index (Phi) is 7.21. The molecule has 4 aromatic carbocycles. The molecule has 0 aliphatic carbocycles. The van der Waals surface area contributed by atoms with Crippen LogP contribution < -0.4 is 17.7 Å². The van der Waals surface area contributed by atoms with E-state index in [2.05, 4.69) is 119 Å². The summed E-state index contributed by atoms with van der Waals surface area (Å²) in [6.45, 7) is 0.773. The Bertz CT molecular complexity index is 944. The van der Waals surface area contributed by atoms with Gasteiger partial charge in [-0.2, -0.15) is 0 Å². The van der Waals surface area contributed by atoms with Gasteiger partial charge < -0.3 is 12.4 Å². The van der Waals surface area contributed by atoms with Crippen molar-refractivity contribution in [3.63, 3.8) is 0 Å². The minimum atomic E-state index is 0. The molecule has 0 atom stereocenters. The molecule has 4 rings (SSSR count). The van der Waals surface area contributed by atoms with Gasteiger partial charge in [0.15, 0.2) is 0 Å². The maximum atomic E-state index is 3.66. The van der Waals surface area contributed by atoms with Crippen molar-refractivity contribution in [1.29, 1.82) is 0 Å². The van der Waals surface area contributed by atoms with Crippen LogP contribution in [0.1, 0.15) is 11.1 Å². The van der Waals surface area contributed by atoms with E-state index in [0.717, 1.165) is 29.3 Å². The second kappa shape index (κ2) is 10.3. The van der Waals surface area contributed by atoms with E-state index in [1.54, 1.807) is 0 Å². The predicted octanol–water partition coefficient (Wildman–Crippen LogP) is 3.09. The van der Waals surface area contributed by atoms with Gasteiger partial charge in [-0.3, -0.25) is 0 Å². The minimum Gasteiger partial charge on any atom is -1.00 e. The molecule has 0 unspecified atom stereocenters. The molecule has 0 aromatic heterocycles. The number of hydrogen-bond acceptors (Lipinski definition) is 0. The van der Waals surface area contributed by atoms with Gasteiger partial charge in [0.1, 0.15) is 17.9 Å². The lowest BCUT2D eigenvalue weighted by Crippen LogP contribution is -3.00. The van der Waals surface area contributed by atoms with Gasteiger partial charge in [0, 0.05) is 0 Å². The maximum absolute atomic E-state index is 3.66. The smallest absolute Gasteiger partial charge is 0.287 e. The van der Waals surface area contributed by atoms with Crippen molar-refractivity contribution < 1.29 is 17.0 Å². The average molecular weight is 399 g/mol. The highest BCUT2D eigenvalue weighted by atomic mass is 35.5. The van der Waals surface area contributed by atoms with Gasteiger partial charge in [-0.25, -0.2) is 9.89 Å². The fourth-order valence-corrected chi connectivity index (χ4v) is 3.22. The van der Waals surface area contributed by atoms with Crippen molar-refractivity contribution in [2.24, 2.45) is 0 Å². The summed E-state index contributed by atoms with van der Waals surface area (Å²) in [4.78, 5) is 0. The van der Waals surface area contributed by atoms with Crippen LogP contribution in [-0.2, 0) is 6.54 Å². The standard InChI is InChI=1S/C26H22N2.ClH/c1-5-13-22(14-6-1)21-28(25-19-11-4-12-20-25)26(23-15-7-2-8-16-23)27-24-17-9-3-10-18-24;/h1-20H,21H2;1H. The largest absolute Gasteiger partial charge is 1.00 e. The van der Waals surface area contributed by atoms with E-state index in [1.807, 2.05) is 12.1 Å². The van der Waals surface area contributed by atoms with Crippen LogP contribution in [0, 0.1) is 0 Å². The molecule has 0 saturated heterocycles. The molecule has 4 aromatic rings. The molecule has 3 heteroatoms. The van der Waals surface area contributed by atoms with E-state index in [1.165, 1.54) is 5.56 Å². The quantitative estimate of drug-likeness (QED) is 0.310. The number of anilines is 1. The van der Waals surface area contributed by atoms with Crippen LogP contribution >= 0.6 is 0 Å². The molecular weight excluding hydrogens is 376 g/mol. The van der Waals surface area contributed by atoms with Crippen molar-refractivity contribution in [1.82, 2.24) is 0 Å². The third-order valence-electron chi connectivity index (χ3n) is 4.61. The molecule has 0 bridgehead atoms. The van der Waals surface area contributed by atoms with Crippen LogP contribution in [0.2, 0.25) is 0 Å². The Morgan fingerprint density at radius 2 is 1.07 bits per heavy atom. The zero-order valence-corrected chi connectivity index (χ0v) is 16.8. The summed E-state index contributed by atoms with van der Waals surface area (Å²) < 4.78 is 2.33. The normalized spacial score (nSPS) is 11.2. The van der Waals surface area contributed by atoms with Gasteiger partial charge in [-0.15, -0.1) is 0 Å². The van der Waals surface area contributed by atoms with Gasteiger partial charge in [-0.05, 0) is 42.0 Å². The summed E-state index contributed by atoms with van der Waals surface area (Å²) in [5.41, 5.74) is 4.62. The molecule has 0 radical (unpaired) electrons. The van der Waals surface area contributed by atoms with Gasteiger partial charge in [0.05, 0.1) is 5.56 Å². The van der Waals surface area contributed by atoms with E-state index < -0.39 is 0 Å². The lowest BCUT2D eigenvalue weighted by Gasteiger charge is -2.14. The molecule has 1 N–H and O–H groups in total. The fraction of sp³-hybridized carbons (Fsp3) is 0.0385. The van der Waals surface area contributed by atoms with Crippen LogP contribution in [0.15, 0.2) is 121 Å². The highest BCUT2D eigenvalue weighted by Crippen LogP contribution is 2.19. The summed E-state index contributed by atoms with van der Waals surface area (Å²) in [7, 11) is 0. The van der Waals surface area contributed by atoms with Crippen LogP contribution in [0.4, 0.5) is 11.4 Å². The van der Waals surface area contributed by atoms with E-state index in [4.69, 9.17) is 0 Å². The Hall–Kier alpha value is -3.36. The summed E-state index contributed by atoms with van der Waals surface area (Å²) in [6, 6.07) is 41.9. The van der Waals surface area contributed by atoms with Crippen molar-refractivity contribution in [2.45, 2.75) is 6.54 Å². The zero-order chi connectivity index (χ0) is 19.0. The van der Waals surface area contributed by atoms with E-state index in [0.29, 0.717) is 0 Å². The predicted molar refractivity (Wildman–Crippen MR) is 117 cm³/mol. The number of hydrogen-bond donors (Lipinski definition) is 1. The highest BCUT2D eigenvalue weighted by Gasteiger charge is 2.19. The SMILES string of the molecule is [Cl-].c1ccc(C[N+](=C(Nc2ccccc2)c2ccccc2)c2ccccc2)cc1. The molecule has 0 fully saturated rings. The summed E-state index contributed by atoms with van der Waals surface area (Å²) in [5, 5.41) is 3.66. The molecule has 0 heterocycles. The molecule has 2 nitrogen and oxygen atoms in total. The maximum Gasteiger partial charge on any atom is 0.287 e. The first-order chi connectivity index (χ1) is 13.9. The Balaban J connectivity index is 0.00000240. The van der Waals surface area contributed by atoms with Gasteiger partial charge >= 0.3 is 0 Å². The highest BCUT2D eigenvalue weighted by molar-refractivity contribution is 6.05. The lowest BCUT2D eigenvalue weighted by molar-refractivity contribution is -0.457. The molecule has 0 amide bonds. The van der Waals surface area contributed by atoms with Gasteiger partial charge in [0.2, 0.25) is 0 Å². The Morgan fingerprint density at radius 3 is 1.66 bits per heavy atom. The third-order valence-corrected chi connectivity index (χ3v) is 4.61. The van der Waals surface area contributed by atoms with Gasteiger partial charge in [0.25, 0.3) is 5.84 Å². The number of benzene rings is 4. The van der Waals surface area contributed by atoms with E-state index in [-0.39, 0.29) is 12.4 Å². The van der Waals surface area contributed by atoms with Crippen molar-refractivity contribution in [3.05, 3.63) is 132 Å². The van der Waals surface area contributed by atoms with Crippen molar-refractivity contribution in [2.75, 3.05) is 5.32 Å².